The summed E-state index contributed by atoms with van der Waals surface area (Å²) in [4.78, 5) is 31.0. The van der Waals surface area contributed by atoms with E-state index in [0.29, 0.717) is 22.9 Å². The number of benzene rings is 2. The minimum atomic E-state index is -0.514. The van der Waals surface area contributed by atoms with E-state index in [9.17, 15) is 9.59 Å². The molecule has 2 amide bonds. The van der Waals surface area contributed by atoms with Crippen molar-refractivity contribution < 1.29 is 14.0 Å². The number of rotatable bonds is 8. The van der Waals surface area contributed by atoms with Gasteiger partial charge in [-0.3, -0.25) is 9.59 Å². The fourth-order valence-corrected chi connectivity index (χ4v) is 4.42. The quantitative estimate of drug-likeness (QED) is 0.530. The third-order valence-corrected chi connectivity index (χ3v) is 6.27. The van der Waals surface area contributed by atoms with Crippen LogP contribution in [0.3, 0.4) is 0 Å². The number of thioether (sulfide) groups is 1. The van der Waals surface area contributed by atoms with Gasteiger partial charge in [0.15, 0.2) is 0 Å². The number of amides is 2. The largest absolute Gasteiger partial charge is 0.444 e. The summed E-state index contributed by atoms with van der Waals surface area (Å²) in [6.45, 7) is 1.87. The lowest BCUT2D eigenvalue weighted by atomic mass is 10.1. The molecule has 0 aliphatic carbocycles. The number of nitrogens with one attached hydrogen (secondary N) is 1. The Morgan fingerprint density at radius 3 is 2.62 bits per heavy atom. The maximum Gasteiger partial charge on any atom is 0.248 e. The molecular weight excluding hydrogens is 424 g/mol. The van der Waals surface area contributed by atoms with E-state index in [0.717, 1.165) is 42.9 Å². The van der Waals surface area contributed by atoms with Gasteiger partial charge in [-0.25, -0.2) is 4.98 Å². The third kappa shape index (κ3) is 5.50. The number of nitrogens with zero attached hydrogens (tertiary/aromatic N) is 2. The number of carbonyl (C=O) groups is 2. The minimum Gasteiger partial charge on any atom is -0.444 e. The number of aromatic nitrogens is 1. The molecule has 1 aliphatic rings. The van der Waals surface area contributed by atoms with Crippen molar-refractivity contribution in [3.63, 3.8) is 0 Å². The van der Waals surface area contributed by atoms with E-state index in [1.807, 2.05) is 36.4 Å². The van der Waals surface area contributed by atoms with Gasteiger partial charge in [-0.15, -0.1) is 11.8 Å². The van der Waals surface area contributed by atoms with Crippen molar-refractivity contribution in [1.82, 2.24) is 4.98 Å². The number of hydrogen-bond acceptors (Lipinski definition) is 6. The average molecular weight is 451 g/mol. The second-order valence-corrected chi connectivity index (χ2v) is 8.68. The third-order valence-electron chi connectivity index (χ3n) is 5.31. The highest BCUT2D eigenvalue weighted by atomic mass is 32.2. The molecule has 2 heterocycles. The Balaban J connectivity index is 1.37. The number of anilines is 2. The number of piperidine rings is 1. The highest BCUT2D eigenvalue weighted by molar-refractivity contribution is 7.99. The average Bonchev–Trinajstić information content (AvgIpc) is 3.29. The van der Waals surface area contributed by atoms with Gasteiger partial charge in [0.05, 0.1) is 22.8 Å². The molecule has 0 spiro atoms. The van der Waals surface area contributed by atoms with Crippen molar-refractivity contribution in [2.24, 2.45) is 5.73 Å². The summed E-state index contributed by atoms with van der Waals surface area (Å²) in [6.07, 6.45) is 5.06. The smallest absolute Gasteiger partial charge is 0.248 e. The van der Waals surface area contributed by atoms with E-state index in [2.05, 4.69) is 15.2 Å². The molecule has 0 radical (unpaired) electrons. The first kappa shape index (κ1) is 22.0. The maximum absolute atomic E-state index is 12.6. The monoisotopic (exact) mass is 450 g/mol. The summed E-state index contributed by atoms with van der Waals surface area (Å²) in [5.41, 5.74) is 9.08. The Morgan fingerprint density at radius 1 is 1.09 bits per heavy atom. The van der Waals surface area contributed by atoms with Gasteiger partial charge in [0, 0.05) is 30.0 Å². The normalized spacial score (nSPS) is 13.7. The van der Waals surface area contributed by atoms with Crippen molar-refractivity contribution in [2.45, 2.75) is 25.0 Å². The molecule has 0 atom stereocenters. The van der Waals surface area contributed by atoms with Crippen molar-refractivity contribution in [1.29, 1.82) is 0 Å². The number of oxazole rings is 1. The van der Waals surface area contributed by atoms with Gasteiger partial charge in [-0.1, -0.05) is 18.2 Å². The number of hydrogen-bond donors (Lipinski definition) is 2. The van der Waals surface area contributed by atoms with Crippen molar-refractivity contribution in [3.05, 3.63) is 66.1 Å². The highest BCUT2D eigenvalue weighted by Gasteiger charge is 2.18. The fraction of sp³-hybridized carbons (Fsp3) is 0.292. The maximum atomic E-state index is 12.6. The Labute approximate surface area is 191 Å². The molecule has 1 fully saturated rings. The molecule has 0 bridgehead atoms. The van der Waals surface area contributed by atoms with Crippen LogP contribution < -0.4 is 16.0 Å². The zero-order chi connectivity index (χ0) is 22.3. The molecule has 0 saturated carbocycles. The van der Waals surface area contributed by atoms with E-state index in [1.165, 1.54) is 18.2 Å². The summed E-state index contributed by atoms with van der Waals surface area (Å²) in [6, 6.07) is 14.9. The van der Waals surface area contributed by atoms with Crippen LogP contribution in [0.4, 0.5) is 11.4 Å². The lowest BCUT2D eigenvalue weighted by Crippen LogP contribution is -2.30. The van der Waals surface area contributed by atoms with Crippen LogP contribution in [0, 0.1) is 0 Å². The van der Waals surface area contributed by atoms with Gasteiger partial charge in [-0.05, 0) is 49.6 Å². The SMILES string of the molecule is NC(=O)c1ccc(N2CCCCC2)c(NC(=O)CSCc2coc(-c3ccccc3)n2)c1. The number of primary amides is 1. The summed E-state index contributed by atoms with van der Waals surface area (Å²) in [5.74, 6) is 0.736. The first-order valence-electron chi connectivity index (χ1n) is 10.7. The van der Waals surface area contributed by atoms with E-state index in [4.69, 9.17) is 10.2 Å². The zero-order valence-electron chi connectivity index (χ0n) is 17.8. The lowest BCUT2D eigenvalue weighted by molar-refractivity contribution is -0.113. The first-order chi connectivity index (χ1) is 15.6. The number of carbonyl (C=O) groups excluding carboxylic acids is 2. The van der Waals surface area contributed by atoms with Crippen molar-refractivity contribution in [2.75, 3.05) is 29.1 Å². The molecule has 166 valence electrons. The van der Waals surface area contributed by atoms with Crippen LogP contribution in [-0.4, -0.2) is 35.6 Å². The van der Waals surface area contributed by atoms with E-state index < -0.39 is 5.91 Å². The van der Waals surface area contributed by atoms with Crippen molar-refractivity contribution >= 4 is 35.0 Å². The molecule has 3 N–H and O–H groups in total. The Hall–Kier alpha value is -3.26. The lowest BCUT2D eigenvalue weighted by Gasteiger charge is -2.30. The van der Waals surface area contributed by atoms with E-state index in [1.54, 1.807) is 18.4 Å². The second kappa shape index (κ2) is 10.4. The van der Waals surface area contributed by atoms with Crippen LogP contribution in [0.1, 0.15) is 35.3 Å². The molecule has 2 aromatic carbocycles. The molecule has 32 heavy (non-hydrogen) atoms. The van der Waals surface area contributed by atoms with Crippen LogP contribution in [0.25, 0.3) is 11.5 Å². The zero-order valence-corrected chi connectivity index (χ0v) is 18.6. The van der Waals surface area contributed by atoms with Crippen LogP contribution in [0.15, 0.2) is 59.2 Å². The van der Waals surface area contributed by atoms with Gasteiger partial charge in [-0.2, -0.15) is 0 Å². The summed E-state index contributed by atoms with van der Waals surface area (Å²) in [7, 11) is 0. The predicted molar refractivity (Wildman–Crippen MR) is 128 cm³/mol. The summed E-state index contributed by atoms with van der Waals surface area (Å²) >= 11 is 1.45. The van der Waals surface area contributed by atoms with Gasteiger partial charge in [0.25, 0.3) is 0 Å². The van der Waals surface area contributed by atoms with Crippen LogP contribution >= 0.6 is 11.8 Å². The second-order valence-electron chi connectivity index (χ2n) is 7.69. The molecule has 7 nitrogen and oxygen atoms in total. The van der Waals surface area contributed by atoms with Crippen LogP contribution in [0.5, 0.6) is 0 Å². The highest BCUT2D eigenvalue weighted by Crippen LogP contribution is 2.30. The summed E-state index contributed by atoms with van der Waals surface area (Å²) in [5, 5.41) is 2.97. The Kier molecular flexibility index (Phi) is 7.11. The van der Waals surface area contributed by atoms with Crippen molar-refractivity contribution in [3.8, 4) is 11.5 Å². The molecular formula is C24H26N4O3S. The molecule has 1 aromatic heterocycles. The van der Waals surface area contributed by atoms with E-state index >= 15 is 0 Å². The molecule has 8 heteroatoms. The molecule has 0 unspecified atom stereocenters. The Bertz CT molecular complexity index is 1080. The van der Waals surface area contributed by atoms with E-state index in [-0.39, 0.29) is 11.7 Å². The fourth-order valence-electron chi connectivity index (χ4n) is 3.72. The van der Waals surface area contributed by atoms with Gasteiger partial charge in [0.1, 0.15) is 6.26 Å². The minimum absolute atomic E-state index is 0.137. The van der Waals surface area contributed by atoms with Crippen LogP contribution in [0.2, 0.25) is 0 Å². The Morgan fingerprint density at radius 2 is 1.88 bits per heavy atom. The number of nitrogens with two attached hydrogens (primary N) is 1. The molecule has 4 rings (SSSR count). The molecule has 3 aromatic rings. The van der Waals surface area contributed by atoms with Gasteiger partial charge >= 0.3 is 0 Å². The van der Waals surface area contributed by atoms with Gasteiger partial charge < -0.3 is 20.4 Å². The topological polar surface area (TPSA) is 101 Å². The summed E-state index contributed by atoms with van der Waals surface area (Å²) < 4.78 is 5.55. The van der Waals surface area contributed by atoms with Crippen LogP contribution in [-0.2, 0) is 10.5 Å². The van der Waals surface area contributed by atoms with Gasteiger partial charge in [0.2, 0.25) is 17.7 Å². The first-order valence-corrected chi connectivity index (χ1v) is 11.8. The molecule has 1 saturated heterocycles. The predicted octanol–water partition coefficient (Wildman–Crippen LogP) is 4.30. The molecule has 1 aliphatic heterocycles. The standard InChI is InChI=1S/C24H26N4O3S/c25-23(30)18-9-10-21(28-11-5-2-6-12-28)20(13-18)27-22(29)16-32-15-19-14-31-24(26-19)17-7-3-1-4-8-17/h1,3-4,7-10,13-14H,2,5-6,11-12,15-16H2,(H2,25,30)(H,27,29).